The molecular weight excluding hydrogens is 378 g/mol. The highest BCUT2D eigenvalue weighted by Gasteiger charge is 2.24. The quantitative estimate of drug-likeness (QED) is 0.658. The van der Waals surface area contributed by atoms with Gasteiger partial charge < -0.3 is 15.0 Å². The predicted molar refractivity (Wildman–Crippen MR) is 115 cm³/mol. The standard InChI is InChI=1S/C23H29N5O2/c24-23(29)15-28-13-10-18-21(28)6-3-7-22(18)30-16-8-11-27(12-9-16)14-20-17-4-1-2-5-19(17)25-26-20/h3,6-7,10,13,16H,1-2,4-5,8-9,11-12,14-15H2,(H2,24,29)(H,25,26). The molecule has 3 aromatic rings. The van der Waals surface area contributed by atoms with E-state index < -0.39 is 0 Å². The molecule has 1 aliphatic heterocycles. The van der Waals surface area contributed by atoms with Gasteiger partial charge in [0.2, 0.25) is 5.91 Å². The SMILES string of the molecule is NC(=O)Cn1ccc2c(OC3CCN(Cc4n[nH]c5c4CCCC5)CC3)cccc21. The van der Waals surface area contributed by atoms with Crippen LogP contribution in [0.4, 0.5) is 0 Å². The van der Waals surface area contributed by atoms with Crippen LogP contribution in [-0.4, -0.2) is 44.8 Å². The van der Waals surface area contributed by atoms with E-state index in [0.29, 0.717) is 0 Å². The molecule has 1 aromatic carbocycles. The average molecular weight is 408 g/mol. The first kappa shape index (κ1) is 19.2. The highest BCUT2D eigenvalue weighted by Crippen LogP contribution is 2.30. The monoisotopic (exact) mass is 407 g/mol. The van der Waals surface area contributed by atoms with E-state index in [0.717, 1.165) is 55.5 Å². The minimum atomic E-state index is -0.343. The zero-order valence-corrected chi connectivity index (χ0v) is 17.3. The van der Waals surface area contributed by atoms with E-state index in [1.54, 1.807) is 0 Å². The second-order valence-corrected chi connectivity index (χ2v) is 8.53. The van der Waals surface area contributed by atoms with E-state index in [2.05, 4.69) is 15.1 Å². The molecule has 2 aliphatic rings. The number of amides is 1. The topological polar surface area (TPSA) is 89.2 Å². The van der Waals surface area contributed by atoms with Crippen LogP contribution in [0.15, 0.2) is 30.5 Å². The molecule has 0 unspecified atom stereocenters. The number of aromatic nitrogens is 3. The lowest BCUT2D eigenvalue weighted by Gasteiger charge is -2.32. The van der Waals surface area contributed by atoms with Crippen molar-refractivity contribution < 1.29 is 9.53 Å². The number of aryl methyl sites for hydroxylation is 1. The number of nitrogens with one attached hydrogen (secondary N) is 1. The van der Waals surface area contributed by atoms with Gasteiger partial charge in [-0.1, -0.05) is 6.07 Å². The second-order valence-electron chi connectivity index (χ2n) is 8.53. The van der Waals surface area contributed by atoms with Crippen molar-refractivity contribution in [3.63, 3.8) is 0 Å². The maximum Gasteiger partial charge on any atom is 0.237 e. The zero-order valence-electron chi connectivity index (χ0n) is 17.3. The molecule has 0 bridgehead atoms. The van der Waals surface area contributed by atoms with E-state index in [9.17, 15) is 4.79 Å². The number of aromatic amines is 1. The molecule has 1 fully saturated rings. The Balaban J connectivity index is 1.21. The van der Waals surface area contributed by atoms with Crippen molar-refractivity contribution in [3.05, 3.63) is 47.4 Å². The molecule has 30 heavy (non-hydrogen) atoms. The fourth-order valence-corrected chi connectivity index (χ4v) is 4.86. The zero-order chi connectivity index (χ0) is 20.5. The number of carbonyl (C=O) groups is 1. The van der Waals surface area contributed by atoms with E-state index in [-0.39, 0.29) is 18.6 Å². The molecule has 0 saturated carbocycles. The first-order chi connectivity index (χ1) is 14.7. The number of primary amides is 1. The summed E-state index contributed by atoms with van der Waals surface area (Å²) >= 11 is 0. The van der Waals surface area contributed by atoms with Gasteiger partial charge in [-0.3, -0.25) is 14.8 Å². The van der Waals surface area contributed by atoms with Gasteiger partial charge in [0.05, 0.1) is 11.2 Å². The van der Waals surface area contributed by atoms with Crippen LogP contribution in [0, 0.1) is 0 Å². The summed E-state index contributed by atoms with van der Waals surface area (Å²) in [5.41, 5.74) is 10.4. The number of likely N-dealkylation sites (tertiary alicyclic amines) is 1. The number of nitrogens with two attached hydrogens (primary N) is 1. The van der Waals surface area contributed by atoms with Crippen molar-refractivity contribution in [3.8, 4) is 5.75 Å². The molecule has 7 heteroatoms. The number of piperidine rings is 1. The Morgan fingerprint density at radius 3 is 2.87 bits per heavy atom. The van der Waals surface area contributed by atoms with Crippen molar-refractivity contribution in [2.24, 2.45) is 5.73 Å². The Kier molecular flexibility index (Phi) is 5.21. The summed E-state index contributed by atoms with van der Waals surface area (Å²) < 4.78 is 8.26. The van der Waals surface area contributed by atoms with Crippen LogP contribution < -0.4 is 10.5 Å². The van der Waals surface area contributed by atoms with Gasteiger partial charge in [-0.05, 0) is 62.3 Å². The Morgan fingerprint density at radius 1 is 1.20 bits per heavy atom. The van der Waals surface area contributed by atoms with Crippen molar-refractivity contribution in [2.45, 2.75) is 57.7 Å². The number of H-pyrrole nitrogens is 1. The fourth-order valence-electron chi connectivity index (χ4n) is 4.86. The molecule has 0 atom stereocenters. The predicted octanol–water partition coefficient (Wildman–Crippen LogP) is 2.77. The molecule has 5 rings (SSSR count). The van der Waals surface area contributed by atoms with Gasteiger partial charge >= 0.3 is 0 Å². The van der Waals surface area contributed by atoms with Gasteiger partial charge in [0.1, 0.15) is 18.4 Å². The highest BCUT2D eigenvalue weighted by molar-refractivity contribution is 5.87. The highest BCUT2D eigenvalue weighted by atomic mass is 16.5. The van der Waals surface area contributed by atoms with E-state index in [1.807, 2.05) is 35.0 Å². The van der Waals surface area contributed by atoms with Crippen molar-refractivity contribution in [1.82, 2.24) is 19.7 Å². The van der Waals surface area contributed by atoms with E-state index in [4.69, 9.17) is 10.5 Å². The molecule has 0 spiro atoms. The largest absolute Gasteiger partial charge is 0.490 e. The molecule has 3 heterocycles. The number of nitrogens with zero attached hydrogens (tertiary/aromatic N) is 3. The molecule has 0 radical (unpaired) electrons. The van der Waals surface area contributed by atoms with Crippen LogP contribution in [0.5, 0.6) is 5.75 Å². The van der Waals surface area contributed by atoms with Gasteiger partial charge in [-0.25, -0.2) is 0 Å². The molecule has 1 saturated heterocycles. The van der Waals surface area contributed by atoms with Gasteiger partial charge in [-0.2, -0.15) is 5.10 Å². The number of hydrogen-bond acceptors (Lipinski definition) is 4. The first-order valence-electron chi connectivity index (χ1n) is 11.0. The molecule has 2 aromatic heterocycles. The summed E-state index contributed by atoms with van der Waals surface area (Å²) in [6.45, 7) is 3.16. The van der Waals surface area contributed by atoms with Crippen molar-refractivity contribution in [1.29, 1.82) is 0 Å². The fraction of sp³-hybridized carbons (Fsp3) is 0.478. The first-order valence-corrected chi connectivity index (χ1v) is 11.0. The number of fused-ring (bicyclic) bond motifs is 2. The summed E-state index contributed by atoms with van der Waals surface area (Å²) in [5.74, 6) is 0.542. The summed E-state index contributed by atoms with van der Waals surface area (Å²) in [6.07, 6.45) is 8.98. The third-order valence-electron chi connectivity index (χ3n) is 6.44. The lowest BCUT2D eigenvalue weighted by molar-refractivity contribution is -0.118. The number of rotatable bonds is 6. The summed E-state index contributed by atoms with van der Waals surface area (Å²) in [4.78, 5) is 13.8. The Morgan fingerprint density at radius 2 is 2.03 bits per heavy atom. The molecular formula is C23H29N5O2. The summed E-state index contributed by atoms with van der Waals surface area (Å²) in [6, 6.07) is 7.99. The molecule has 7 nitrogen and oxygen atoms in total. The van der Waals surface area contributed by atoms with Crippen LogP contribution in [0.2, 0.25) is 0 Å². The van der Waals surface area contributed by atoms with Crippen LogP contribution in [0.1, 0.15) is 42.6 Å². The Hall–Kier alpha value is -2.80. The second kappa shape index (κ2) is 8.14. The van der Waals surface area contributed by atoms with Crippen LogP contribution in [-0.2, 0) is 30.7 Å². The Bertz CT molecular complexity index is 1050. The lowest BCUT2D eigenvalue weighted by Crippen LogP contribution is -2.38. The smallest absolute Gasteiger partial charge is 0.237 e. The maximum atomic E-state index is 11.3. The third kappa shape index (κ3) is 3.81. The van der Waals surface area contributed by atoms with Gasteiger partial charge in [0.25, 0.3) is 0 Å². The van der Waals surface area contributed by atoms with Gasteiger partial charge in [-0.15, -0.1) is 0 Å². The summed E-state index contributed by atoms with van der Waals surface area (Å²) in [7, 11) is 0. The van der Waals surface area contributed by atoms with Crippen molar-refractivity contribution in [2.75, 3.05) is 13.1 Å². The molecule has 1 amide bonds. The third-order valence-corrected chi connectivity index (χ3v) is 6.44. The molecule has 158 valence electrons. The maximum absolute atomic E-state index is 11.3. The summed E-state index contributed by atoms with van der Waals surface area (Å²) in [5, 5.41) is 8.89. The van der Waals surface area contributed by atoms with Gasteiger partial charge in [0, 0.05) is 36.9 Å². The minimum Gasteiger partial charge on any atom is -0.490 e. The lowest BCUT2D eigenvalue weighted by atomic mass is 9.95. The van der Waals surface area contributed by atoms with E-state index >= 15 is 0 Å². The molecule has 1 aliphatic carbocycles. The number of benzene rings is 1. The average Bonchev–Trinajstić information content (AvgIpc) is 3.34. The van der Waals surface area contributed by atoms with Crippen LogP contribution in [0.25, 0.3) is 10.9 Å². The van der Waals surface area contributed by atoms with Crippen LogP contribution in [0.3, 0.4) is 0 Å². The Labute approximate surface area is 176 Å². The van der Waals surface area contributed by atoms with Crippen molar-refractivity contribution >= 4 is 16.8 Å². The number of hydrogen-bond donors (Lipinski definition) is 2. The van der Waals surface area contributed by atoms with Gasteiger partial charge in [0.15, 0.2) is 0 Å². The minimum absolute atomic E-state index is 0.183. The number of ether oxygens (including phenoxy) is 1. The van der Waals surface area contributed by atoms with E-state index in [1.165, 1.54) is 36.2 Å². The number of carbonyl (C=O) groups excluding carboxylic acids is 1. The molecule has 3 N–H and O–H groups in total. The normalized spacial score (nSPS) is 17.9. The van der Waals surface area contributed by atoms with Crippen LogP contribution >= 0.6 is 0 Å².